The van der Waals surface area contributed by atoms with Gasteiger partial charge in [-0.05, 0) is 18.9 Å². The lowest BCUT2D eigenvalue weighted by molar-refractivity contribution is 0.256. The molecule has 62 valence electrons. The fraction of sp³-hybridized carbons (Fsp3) is 0.667. The highest BCUT2D eigenvalue weighted by molar-refractivity contribution is 4.74. The van der Waals surface area contributed by atoms with E-state index < -0.39 is 0 Å². The number of nitrogens with zero attached hydrogens (tertiary/aromatic N) is 1. The van der Waals surface area contributed by atoms with Crippen molar-refractivity contribution in [3.63, 3.8) is 0 Å². The summed E-state index contributed by atoms with van der Waals surface area (Å²) in [5, 5.41) is 8.15. The predicted octanol–water partition coefficient (Wildman–Crippen LogP) is 2.62. The van der Waals surface area contributed by atoms with E-state index in [9.17, 15) is 0 Å². The Morgan fingerprint density at radius 3 is 3.00 bits per heavy atom. The van der Waals surface area contributed by atoms with Gasteiger partial charge in [0, 0.05) is 0 Å². The van der Waals surface area contributed by atoms with Crippen LogP contribution in [0.3, 0.4) is 0 Å². The van der Waals surface area contributed by atoms with E-state index >= 15 is 0 Å². The van der Waals surface area contributed by atoms with Gasteiger partial charge in [0.2, 0.25) is 0 Å². The van der Waals surface area contributed by atoms with E-state index in [0.29, 0.717) is 13.0 Å². The number of allylic oxidation sites excluding steroid dienone is 1. The molecule has 0 aromatic rings. The normalized spacial score (nSPS) is 9.82. The van der Waals surface area contributed by atoms with Crippen molar-refractivity contribution in [2.24, 2.45) is 0 Å². The Morgan fingerprint density at radius 1 is 1.55 bits per heavy atom. The standard InChI is InChI=1S/C9H15NO/c1-2-3-4-5-8-11-9-6-7-10/h5,8H,2-4,6,9H2,1H3. The summed E-state index contributed by atoms with van der Waals surface area (Å²) in [6.45, 7) is 2.67. The Kier molecular flexibility index (Phi) is 8.23. The molecule has 0 spiro atoms. The predicted molar refractivity (Wildman–Crippen MR) is 44.8 cm³/mol. The van der Waals surface area contributed by atoms with Crippen LogP contribution in [0.1, 0.15) is 32.6 Å². The molecule has 0 fully saturated rings. The maximum Gasteiger partial charge on any atom is 0.100 e. The van der Waals surface area contributed by atoms with E-state index in [2.05, 4.69) is 6.92 Å². The number of nitriles is 1. The summed E-state index contributed by atoms with van der Waals surface area (Å²) in [6.07, 6.45) is 7.65. The Hall–Kier alpha value is -0.970. The van der Waals surface area contributed by atoms with Crippen LogP contribution >= 0.6 is 0 Å². The summed E-state index contributed by atoms with van der Waals surface area (Å²) in [6, 6.07) is 2.01. The van der Waals surface area contributed by atoms with Crippen molar-refractivity contribution in [1.82, 2.24) is 0 Å². The van der Waals surface area contributed by atoms with Gasteiger partial charge in [0.1, 0.15) is 6.61 Å². The van der Waals surface area contributed by atoms with Crippen LogP contribution < -0.4 is 0 Å². The highest BCUT2D eigenvalue weighted by Gasteiger charge is 1.80. The summed E-state index contributed by atoms with van der Waals surface area (Å²) >= 11 is 0. The minimum Gasteiger partial charge on any atom is -0.500 e. The van der Waals surface area contributed by atoms with Crippen molar-refractivity contribution in [2.45, 2.75) is 32.6 Å². The Labute approximate surface area is 68.5 Å². The quantitative estimate of drug-likeness (QED) is 0.434. The van der Waals surface area contributed by atoms with Crippen LogP contribution in [-0.4, -0.2) is 6.61 Å². The van der Waals surface area contributed by atoms with E-state index in [0.717, 1.165) is 6.42 Å². The first kappa shape index (κ1) is 10.0. The molecule has 0 heterocycles. The first-order valence-corrected chi connectivity index (χ1v) is 4.05. The Bertz CT molecular complexity index is 135. The van der Waals surface area contributed by atoms with Crippen molar-refractivity contribution in [3.05, 3.63) is 12.3 Å². The number of hydrogen-bond donors (Lipinski definition) is 0. The summed E-state index contributed by atoms with van der Waals surface area (Å²) in [5.74, 6) is 0. The van der Waals surface area contributed by atoms with E-state index in [-0.39, 0.29) is 0 Å². The zero-order valence-corrected chi connectivity index (χ0v) is 7.05. The highest BCUT2D eigenvalue weighted by Crippen LogP contribution is 1.94. The molecule has 2 heteroatoms. The lowest BCUT2D eigenvalue weighted by atomic mass is 10.2. The van der Waals surface area contributed by atoms with Crippen molar-refractivity contribution in [2.75, 3.05) is 6.61 Å². The topological polar surface area (TPSA) is 33.0 Å². The minimum atomic E-state index is 0.470. The molecule has 2 nitrogen and oxygen atoms in total. The number of unbranched alkanes of at least 4 members (excludes halogenated alkanes) is 2. The monoisotopic (exact) mass is 153 g/mol. The van der Waals surface area contributed by atoms with Crippen LogP contribution in [0.4, 0.5) is 0 Å². The number of rotatable bonds is 6. The van der Waals surface area contributed by atoms with Crippen molar-refractivity contribution in [3.8, 4) is 6.07 Å². The van der Waals surface area contributed by atoms with Gasteiger partial charge in [-0.3, -0.25) is 0 Å². The molecule has 0 rings (SSSR count). The fourth-order valence-electron chi connectivity index (χ4n) is 0.631. The maximum absolute atomic E-state index is 8.15. The summed E-state index contributed by atoms with van der Waals surface area (Å²) in [7, 11) is 0. The fourth-order valence-corrected chi connectivity index (χ4v) is 0.631. The molecular weight excluding hydrogens is 138 g/mol. The zero-order valence-electron chi connectivity index (χ0n) is 7.05. The molecule has 0 aliphatic heterocycles. The van der Waals surface area contributed by atoms with Crippen molar-refractivity contribution < 1.29 is 4.74 Å². The molecule has 0 radical (unpaired) electrons. The molecule has 0 saturated carbocycles. The molecule has 0 bridgehead atoms. The van der Waals surface area contributed by atoms with Gasteiger partial charge in [-0.2, -0.15) is 5.26 Å². The third-order valence-electron chi connectivity index (χ3n) is 1.25. The smallest absolute Gasteiger partial charge is 0.100 e. The van der Waals surface area contributed by atoms with Crippen LogP contribution in [-0.2, 0) is 4.74 Å². The van der Waals surface area contributed by atoms with E-state index in [1.165, 1.54) is 12.8 Å². The van der Waals surface area contributed by atoms with Crippen molar-refractivity contribution in [1.29, 1.82) is 5.26 Å². The largest absolute Gasteiger partial charge is 0.500 e. The molecular formula is C9H15NO. The molecule has 0 amide bonds. The van der Waals surface area contributed by atoms with Gasteiger partial charge in [0.25, 0.3) is 0 Å². The number of ether oxygens (including phenoxy) is 1. The second kappa shape index (κ2) is 9.03. The molecule has 0 aliphatic carbocycles. The van der Waals surface area contributed by atoms with Crippen molar-refractivity contribution >= 4 is 0 Å². The van der Waals surface area contributed by atoms with Gasteiger partial charge in [-0.25, -0.2) is 0 Å². The lowest BCUT2D eigenvalue weighted by Crippen LogP contribution is -1.83. The van der Waals surface area contributed by atoms with Gasteiger partial charge in [-0.1, -0.05) is 13.3 Å². The Balaban J connectivity index is 2.98. The summed E-state index contributed by atoms with van der Waals surface area (Å²) in [4.78, 5) is 0. The molecule has 0 saturated heterocycles. The minimum absolute atomic E-state index is 0.470. The highest BCUT2D eigenvalue weighted by atomic mass is 16.5. The molecule has 0 unspecified atom stereocenters. The Morgan fingerprint density at radius 2 is 2.36 bits per heavy atom. The molecule has 0 aromatic heterocycles. The molecule has 0 aliphatic rings. The van der Waals surface area contributed by atoms with Gasteiger partial charge >= 0.3 is 0 Å². The van der Waals surface area contributed by atoms with Crippen LogP contribution in [0.15, 0.2) is 12.3 Å². The van der Waals surface area contributed by atoms with Crippen LogP contribution in [0.2, 0.25) is 0 Å². The lowest BCUT2D eigenvalue weighted by Gasteiger charge is -1.93. The molecule has 0 N–H and O–H groups in total. The molecule has 0 atom stereocenters. The van der Waals surface area contributed by atoms with E-state index in [1.54, 1.807) is 6.26 Å². The molecule has 11 heavy (non-hydrogen) atoms. The average molecular weight is 153 g/mol. The second-order valence-electron chi connectivity index (χ2n) is 2.29. The third kappa shape index (κ3) is 9.03. The zero-order chi connectivity index (χ0) is 8.36. The first-order chi connectivity index (χ1) is 5.41. The van der Waals surface area contributed by atoms with Gasteiger partial charge in [-0.15, -0.1) is 0 Å². The van der Waals surface area contributed by atoms with Gasteiger partial charge < -0.3 is 4.74 Å². The van der Waals surface area contributed by atoms with E-state index in [1.807, 2.05) is 12.1 Å². The third-order valence-corrected chi connectivity index (χ3v) is 1.25. The van der Waals surface area contributed by atoms with Gasteiger partial charge in [0.05, 0.1) is 18.8 Å². The SMILES string of the molecule is CCCCC=COCCC#N. The maximum atomic E-state index is 8.15. The second-order valence-corrected chi connectivity index (χ2v) is 2.29. The first-order valence-electron chi connectivity index (χ1n) is 4.05. The number of hydrogen-bond acceptors (Lipinski definition) is 2. The van der Waals surface area contributed by atoms with Crippen LogP contribution in [0, 0.1) is 11.3 Å². The van der Waals surface area contributed by atoms with Crippen LogP contribution in [0.5, 0.6) is 0 Å². The van der Waals surface area contributed by atoms with E-state index in [4.69, 9.17) is 10.00 Å². The average Bonchev–Trinajstić information content (AvgIpc) is 2.03. The van der Waals surface area contributed by atoms with Crippen LogP contribution in [0.25, 0.3) is 0 Å². The molecule has 0 aromatic carbocycles. The summed E-state index contributed by atoms with van der Waals surface area (Å²) in [5.41, 5.74) is 0. The van der Waals surface area contributed by atoms with Gasteiger partial charge in [0.15, 0.2) is 0 Å². The summed E-state index contributed by atoms with van der Waals surface area (Å²) < 4.78 is 5.02.